The van der Waals surface area contributed by atoms with Crippen LogP contribution in [0.15, 0.2) is 29.3 Å². The highest BCUT2D eigenvalue weighted by Crippen LogP contribution is 2.17. The van der Waals surface area contributed by atoms with Crippen LogP contribution in [0.3, 0.4) is 0 Å². The van der Waals surface area contributed by atoms with Crippen LogP contribution in [-0.2, 0) is 4.74 Å². The molecule has 2 N–H and O–H groups in total. The highest BCUT2D eigenvalue weighted by molar-refractivity contribution is 14.0. The molecule has 1 saturated heterocycles. The summed E-state index contributed by atoms with van der Waals surface area (Å²) < 4.78 is 15.9. The van der Waals surface area contributed by atoms with E-state index >= 15 is 0 Å². The van der Waals surface area contributed by atoms with E-state index in [0.29, 0.717) is 38.9 Å². The number of likely N-dealkylation sites (tertiary alicyclic amines) is 1. The van der Waals surface area contributed by atoms with Crippen molar-refractivity contribution in [2.45, 2.75) is 39.2 Å². The van der Waals surface area contributed by atoms with Gasteiger partial charge in [0, 0.05) is 38.6 Å². The Morgan fingerprint density at radius 1 is 1.17 bits per heavy atom. The Morgan fingerprint density at radius 3 is 2.43 bits per heavy atom. The minimum Gasteiger partial charge on any atom is -0.497 e. The lowest BCUT2D eigenvalue weighted by Crippen LogP contribution is -2.49. The van der Waals surface area contributed by atoms with Gasteiger partial charge in [0.05, 0.1) is 20.3 Å². The zero-order valence-corrected chi connectivity index (χ0v) is 20.5. The molecule has 1 fully saturated rings. The molecule has 1 heterocycles. The van der Waals surface area contributed by atoms with Gasteiger partial charge < -0.3 is 29.7 Å². The van der Waals surface area contributed by atoms with Crippen molar-refractivity contribution >= 4 is 36.0 Å². The van der Waals surface area contributed by atoms with Crippen molar-refractivity contribution in [3.63, 3.8) is 0 Å². The predicted octanol–water partition coefficient (Wildman–Crippen LogP) is 3.26. The molecule has 0 radical (unpaired) electrons. The number of carbonyl (C=O) groups is 1. The lowest BCUT2D eigenvalue weighted by atomic mass is 10.1. The van der Waals surface area contributed by atoms with E-state index in [1.54, 1.807) is 12.0 Å². The summed E-state index contributed by atoms with van der Waals surface area (Å²) in [6, 6.07) is 7.86. The van der Waals surface area contributed by atoms with Gasteiger partial charge in [0.2, 0.25) is 0 Å². The van der Waals surface area contributed by atoms with Crippen molar-refractivity contribution in [3.05, 3.63) is 24.3 Å². The largest absolute Gasteiger partial charge is 0.497 e. The number of methoxy groups -OCH3 is 1. The second-order valence-corrected chi connectivity index (χ2v) is 6.74. The van der Waals surface area contributed by atoms with Gasteiger partial charge in [-0.2, -0.15) is 0 Å². The molecular formula is C21H35IN4O4. The fourth-order valence-corrected chi connectivity index (χ4v) is 3.05. The molecule has 0 unspecified atom stereocenters. The highest BCUT2D eigenvalue weighted by Gasteiger charge is 2.23. The number of guanidine groups is 1. The maximum absolute atomic E-state index is 11.8. The van der Waals surface area contributed by atoms with E-state index in [-0.39, 0.29) is 30.1 Å². The lowest BCUT2D eigenvalue weighted by molar-refractivity contribution is 0.0963. The number of amides is 1. The highest BCUT2D eigenvalue weighted by atomic mass is 127. The average Bonchev–Trinajstić information content (AvgIpc) is 2.74. The van der Waals surface area contributed by atoms with Crippen molar-refractivity contribution in [1.82, 2.24) is 15.5 Å². The SMILES string of the molecule is CCNC(=NCCCOc1ccc(OC)cc1)NC1CCN(C(=O)OCC)CC1.I. The van der Waals surface area contributed by atoms with Crippen molar-refractivity contribution < 1.29 is 19.0 Å². The van der Waals surface area contributed by atoms with Crippen molar-refractivity contribution in [3.8, 4) is 11.5 Å². The molecule has 1 aromatic rings. The van der Waals surface area contributed by atoms with Gasteiger partial charge in [0.1, 0.15) is 11.5 Å². The normalized spacial score (nSPS) is 14.5. The van der Waals surface area contributed by atoms with E-state index in [4.69, 9.17) is 14.2 Å². The molecule has 1 aliphatic rings. The number of aliphatic imine (C=N–C) groups is 1. The van der Waals surface area contributed by atoms with E-state index in [9.17, 15) is 4.79 Å². The number of carbonyl (C=O) groups excluding carboxylic acids is 1. The number of piperidine rings is 1. The second-order valence-electron chi connectivity index (χ2n) is 6.74. The van der Waals surface area contributed by atoms with Crippen LogP contribution in [0.1, 0.15) is 33.1 Å². The number of ether oxygens (including phenoxy) is 3. The Labute approximate surface area is 196 Å². The summed E-state index contributed by atoms with van der Waals surface area (Å²) in [5, 5.41) is 6.76. The smallest absolute Gasteiger partial charge is 0.409 e. The summed E-state index contributed by atoms with van der Waals surface area (Å²) in [5.74, 6) is 2.45. The zero-order chi connectivity index (χ0) is 20.9. The van der Waals surface area contributed by atoms with Crippen LogP contribution >= 0.6 is 24.0 Å². The molecule has 0 spiro atoms. The van der Waals surface area contributed by atoms with Crippen LogP contribution in [0, 0.1) is 0 Å². The maximum atomic E-state index is 11.8. The number of benzene rings is 1. The van der Waals surface area contributed by atoms with E-state index in [1.807, 2.05) is 38.1 Å². The quantitative estimate of drug-likeness (QED) is 0.219. The Morgan fingerprint density at radius 2 is 1.83 bits per heavy atom. The van der Waals surface area contributed by atoms with Crippen LogP contribution in [0.4, 0.5) is 4.79 Å². The Balaban J connectivity index is 0.00000450. The van der Waals surface area contributed by atoms with Gasteiger partial charge in [-0.05, 0) is 51.0 Å². The standard InChI is InChI=1S/C21H34N4O4.HI/c1-4-22-20(24-17-11-14-25(15-12-17)21(26)28-5-2)23-13-6-16-29-19-9-7-18(27-3)8-10-19;/h7-10,17H,4-6,11-16H2,1-3H3,(H2,22,23,24);1H. The molecule has 0 saturated carbocycles. The topological polar surface area (TPSA) is 84.4 Å². The molecule has 0 aliphatic carbocycles. The van der Waals surface area contributed by atoms with Crippen molar-refractivity contribution in [2.75, 3.05) is 46.5 Å². The van der Waals surface area contributed by atoms with E-state index in [2.05, 4.69) is 15.6 Å². The number of rotatable bonds is 9. The summed E-state index contributed by atoms with van der Waals surface area (Å²) in [6.07, 6.45) is 2.36. The van der Waals surface area contributed by atoms with Crippen LogP contribution in [-0.4, -0.2) is 69.5 Å². The first-order valence-corrected chi connectivity index (χ1v) is 10.4. The molecule has 2 rings (SSSR count). The number of halogens is 1. The zero-order valence-electron chi connectivity index (χ0n) is 18.2. The summed E-state index contributed by atoms with van der Waals surface area (Å²) in [6.45, 7) is 7.77. The van der Waals surface area contributed by atoms with Crippen molar-refractivity contribution in [1.29, 1.82) is 0 Å². The Kier molecular flexibility index (Phi) is 13.0. The fourth-order valence-electron chi connectivity index (χ4n) is 3.05. The molecule has 9 heteroatoms. The maximum Gasteiger partial charge on any atom is 0.409 e. The first kappa shape index (κ1) is 26.1. The first-order chi connectivity index (χ1) is 14.2. The van der Waals surface area contributed by atoms with Crippen LogP contribution in [0.5, 0.6) is 11.5 Å². The Hall–Kier alpha value is -1.91. The first-order valence-electron chi connectivity index (χ1n) is 10.4. The molecule has 30 heavy (non-hydrogen) atoms. The van der Waals surface area contributed by atoms with Gasteiger partial charge in [0.15, 0.2) is 5.96 Å². The lowest BCUT2D eigenvalue weighted by Gasteiger charge is -2.32. The molecule has 1 aliphatic heterocycles. The van der Waals surface area contributed by atoms with Gasteiger partial charge in [-0.25, -0.2) is 4.79 Å². The predicted molar refractivity (Wildman–Crippen MR) is 129 cm³/mol. The summed E-state index contributed by atoms with van der Waals surface area (Å²) in [4.78, 5) is 18.2. The van der Waals surface area contributed by atoms with E-state index in [0.717, 1.165) is 43.3 Å². The summed E-state index contributed by atoms with van der Waals surface area (Å²) in [5.41, 5.74) is 0. The second kappa shape index (κ2) is 15.0. The number of nitrogens with zero attached hydrogens (tertiary/aromatic N) is 2. The van der Waals surface area contributed by atoms with Gasteiger partial charge in [0.25, 0.3) is 0 Å². The minimum absolute atomic E-state index is 0. The number of nitrogens with one attached hydrogen (secondary N) is 2. The number of hydrogen-bond donors (Lipinski definition) is 2. The molecule has 0 bridgehead atoms. The van der Waals surface area contributed by atoms with E-state index < -0.39 is 0 Å². The minimum atomic E-state index is -0.219. The molecule has 0 atom stereocenters. The van der Waals surface area contributed by atoms with Gasteiger partial charge in [-0.1, -0.05) is 0 Å². The van der Waals surface area contributed by atoms with Crippen LogP contribution in [0.2, 0.25) is 0 Å². The van der Waals surface area contributed by atoms with Crippen molar-refractivity contribution in [2.24, 2.45) is 4.99 Å². The molecule has 1 aromatic carbocycles. The average molecular weight is 534 g/mol. The monoisotopic (exact) mass is 534 g/mol. The van der Waals surface area contributed by atoms with Crippen LogP contribution in [0.25, 0.3) is 0 Å². The molecule has 1 amide bonds. The molecule has 8 nitrogen and oxygen atoms in total. The summed E-state index contributed by atoms with van der Waals surface area (Å²) >= 11 is 0. The molecule has 170 valence electrons. The van der Waals surface area contributed by atoms with Crippen LogP contribution < -0.4 is 20.1 Å². The van der Waals surface area contributed by atoms with Gasteiger partial charge in [-0.3, -0.25) is 4.99 Å². The molecule has 0 aromatic heterocycles. The fraction of sp³-hybridized carbons (Fsp3) is 0.619. The number of hydrogen-bond acceptors (Lipinski definition) is 5. The van der Waals surface area contributed by atoms with E-state index in [1.165, 1.54) is 0 Å². The van der Waals surface area contributed by atoms with Gasteiger partial charge >= 0.3 is 6.09 Å². The third-order valence-electron chi connectivity index (χ3n) is 4.61. The summed E-state index contributed by atoms with van der Waals surface area (Å²) in [7, 11) is 1.65. The third kappa shape index (κ3) is 9.27. The molecular weight excluding hydrogens is 499 g/mol. The third-order valence-corrected chi connectivity index (χ3v) is 4.61. The van der Waals surface area contributed by atoms with Gasteiger partial charge in [-0.15, -0.1) is 24.0 Å². The Bertz CT molecular complexity index is 634.